The molecule has 3 N–H and O–H groups in total. The maximum absolute atomic E-state index is 11.1. The summed E-state index contributed by atoms with van der Waals surface area (Å²) in [5.74, 6) is 0.125. The average molecular weight is 213 g/mol. The number of nitrogen functional groups attached to an aromatic ring is 1. The fraction of sp³-hybridized carbons (Fsp3) is 0. The monoisotopic (exact) mass is 213 g/mol. The lowest BCUT2D eigenvalue weighted by Crippen LogP contribution is -2.10. The minimum atomic E-state index is -0.250. The van der Waals surface area contributed by atoms with E-state index in [2.05, 4.69) is 9.97 Å². The van der Waals surface area contributed by atoms with Gasteiger partial charge < -0.3 is 5.73 Å². The number of aromatic nitrogens is 2. The number of anilines is 1. The van der Waals surface area contributed by atoms with Crippen LogP contribution in [0.3, 0.4) is 0 Å². The van der Waals surface area contributed by atoms with E-state index in [-0.39, 0.29) is 11.5 Å². The number of nitrogens with two attached hydrogens (primary N) is 1. The van der Waals surface area contributed by atoms with Gasteiger partial charge in [0.25, 0.3) is 5.56 Å². The standard InChI is InChI=1S/C12H11N3O/c13-12-14-10(8-11(16)15-12)7-6-9-4-2-1-3-5-9/h1-8H,(H3,13,14,15,16). The molecular weight excluding hydrogens is 202 g/mol. The van der Waals surface area contributed by atoms with Crippen LogP contribution in [0.4, 0.5) is 5.95 Å². The molecule has 4 heteroatoms. The van der Waals surface area contributed by atoms with E-state index in [1.165, 1.54) is 6.07 Å². The molecule has 16 heavy (non-hydrogen) atoms. The van der Waals surface area contributed by atoms with Crippen LogP contribution in [0.1, 0.15) is 11.3 Å². The smallest absolute Gasteiger partial charge is 0.252 e. The molecule has 0 saturated heterocycles. The van der Waals surface area contributed by atoms with E-state index in [4.69, 9.17) is 5.73 Å². The molecule has 1 heterocycles. The summed E-state index contributed by atoms with van der Waals surface area (Å²) in [6, 6.07) is 11.2. The Bertz CT molecular complexity index is 558. The van der Waals surface area contributed by atoms with Crippen LogP contribution in [-0.2, 0) is 0 Å². The van der Waals surface area contributed by atoms with E-state index in [0.717, 1.165) is 5.56 Å². The molecule has 0 fully saturated rings. The molecule has 0 atom stereocenters. The molecule has 0 aliphatic heterocycles. The van der Waals surface area contributed by atoms with Crippen molar-refractivity contribution in [2.45, 2.75) is 0 Å². The van der Waals surface area contributed by atoms with Gasteiger partial charge in [-0.25, -0.2) is 4.98 Å². The van der Waals surface area contributed by atoms with Crippen molar-refractivity contribution in [3.63, 3.8) is 0 Å². The fourth-order valence-electron chi connectivity index (χ4n) is 1.33. The van der Waals surface area contributed by atoms with Crippen molar-refractivity contribution in [1.29, 1.82) is 0 Å². The van der Waals surface area contributed by atoms with Gasteiger partial charge in [0.2, 0.25) is 5.95 Å². The normalized spacial score (nSPS) is 10.8. The largest absolute Gasteiger partial charge is 0.369 e. The van der Waals surface area contributed by atoms with Gasteiger partial charge in [-0.15, -0.1) is 0 Å². The second-order valence-electron chi connectivity index (χ2n) is 3.30. The number of benzene rings is 1. The highest BCUT2D eigenvalue weighted by atomic mass is 16.1. The lowest BCUT2D eigenvalue weighted by molar-refractivity contribution is 1.12. The van der Waals surface area contributed by atoms with Crippen molar-refractivity contribution in [1.82, 2.24) is 9.97 Å². The third-order valence-corrected chi connectivity index (χ3v) is 2.03. The molecule has 1 aromatic carbocycles. The van der Waals surface area contributed by atoms with Gasteiger partial charge >= 0.3 is 0 Å². The molecule has 0 amide bonds. The molecule has 0 radical (unpaired) electrons. The number of hydrogen-bond acceptors (Lipinski definition) is 3. The number of aromatic amines is 1. The Morgan fingerprint density at radius 3 is 2.62 bits per heavy atom. The summed E-state index contributed by atoms with van der Waals surface area (Å²) in [5.41, 5.74) is 6.77. The quantitative estimate of drug-likeness (QED) is 0.794. The molecule has 0 bridgehead atoms. The van der Waals surface area contributed by atoms with Crippen molar-refractivity contribution in [2.75, 3.05) is 5.73 Å². The predicted octanol–water partition coefficient (Wildman–Crippen LogP) is 1.52. The van der Waals surface area contributed by atoms with Crippen LogP contribution in [0, 0.1) is 0 Å². The fourth-order valence-corrected chi connectivity index (χ4v) is 1.33. The van der Waals surface area contributed by atoms with Crippen LogP contribution in [-0.4, -0.2) is 9.97 Å². The third-order valence-electron chi connectivity index (χ3n) is 2.03. The molecule has 0 saturated carbocycles. The molecule has 0 aliphatic rings. The van der Waals surface area contributed by atoms with Crippen molar-refractivity contribution < 1.29 is 0 Å². The first-order chi connectivity index (χ1) is 7.74. The molecule has 80 valence electrons. The van der Waals surface area contributed by atoms with Crippen LogP contribution in [0.2, 0.25) is 0 Å². The third kappa shape index (κ3) is 2.57. The van der Waals surface area contributed by atoms with Gasteiger partial charge in [0.15, 0.2) is 0 Å². The van der Waals surface area contributed by atoms with Gasteiger partial charge in [-0.05, 0) is 11.6 Å². The first kappa shape index (κ1) is 10.2. The lowest BCUT2D eigenvalue weighted by atomic mass is 10.2. The maximum atomic E-state index is 11.1. The van der Waals surface area contributed by atoms with Crippen molar-refractivity contribution in [3.05, 3.63) is 58.0 Å². The van der Waals surface area contributed by atoms with E-state index < -0.39 is 0 Å². The highest BCUT2D eigenvalue weighted by Gasteiger charge is 1.93. The summed E-state index contributed by atoms with van der Waals surface area (Å²) >= 11 is 0. The predicted molar refractivity (Wildman–Crippen MR) is 64.6 cm³/mol. The molecular formula is C12H11N3O. The minimum absolute atomic E-state index is 0.125. The summed E-state index contributed by atoms with van der Waals surface area (Å²) in [7, 11) is 0. The lowest BCUT2D eigenvalue weighted by Gasteiger charge is -1.95. The van der Waals surface area contributed by atoms with Crippen molar-refractivity contribution in [3.8, 4) is 0 Å². The molecule has 0 aliphatic carbocycles. The molecule has 4 nitrogen and oxygen atoms in total. The number of H-pyrrole nitrogens is 1. The Hall–Kier alpha value is -2.36. The average Bonchev–Trinajstić information content (AvgIpc) is 2.27. The zero-order valence-corrected chi connectivity index (χ0v) is 8.55. The second kappa shape index (κ2) is 4.44. The van der Waals surface area contributed by atoms with Crippen LogP contribution in [0.25, 0.3) is 12.2 Å². The van der Waals surface area contributed by atoms with Gasteiger partial charge in [-0.3, -0.25) is 9.78 Å². The second-order valence-corrected chi connectivity index (χ2v) is 3.30. The van der Waals surface area contributed by atoms with Gasteiger partial charge in [-0.2, -0.15) is 0 Å². The van der Waals surface area contributed by atoms with Crippen LogP contribution < -0.4 is 11.3 Å². The molecule has 0 spiro atoms. The van der Waals surface area contributed by atoms with Gasteiger partial charge in [0, 0.05) is 6.07 Å². The maximum Gasteiger partial charge on any atom is 0.252 e. The molecule has 0 unspecified atom stereocenters. The van der Waals surface area contributed by atoms with Crippen molar-refractivity contribution >= 4 is 18.1 Å². The Balaban J connectivity index is 2.27. The van der Waals surface area contributed by atoms with E-state index in [1.54, 1.807) is 6.08 Å². The van der Waals surface area contributed by atoms with E-state index in [9.17, 15) is 4.79 Å². The number of rotatable bonds is 2. The zero-order valence-electron chi connectivity index (χ0n) is 8.55. The van der Waals surface area contributed by atoms with E-state index in [0.29, 0.717) is 5.69 Å². The SMILES string of the molecule is Nc1nc(C=Cc2ccccc2)cc(=O)[nH]1. The van der Waals surface area contributed by atoms with Crippen LogP contribution >= 0.6 is 0 Å². The summed E-state index contributed by atoms with van der Waals surface area (Å²) in [6.45, 7) is 0. The molecule has 2 aromatic rings. The topological polar surface area (TPSA) is 71.8 Å². The van der Waals surface area contributed by atoms with Gasteiger partial charge in [-0.1, -0.05) is 36.4 Å². The summed E-state index contributed by atoms with van der Waals surface area (Å²) in [5, 5.41) is 0. The van der Waals surface area contributed by atoms with Gasteiger partial charge in [0.1, 0.15) is 0 Å². The van der Waals surface area contributed by atoms with Crippen LogP contribution in [0.5, 0.6) is 0 Å². The zero-order chi connectivity index (χ0) is 11.4. The summed E-state index contributed by atoms with van der Waals surface area (Å²) < 4.78 is 0. The Morgan fingerprint density at radius 2 is 1.94 bits per heavy atom. The number of hydrogen-bond donors (Lipinski definition) is 2. The Labute approximate surface area is 92.5 Å². The molecule has 1 aromatic heterocycles. The summed E-state index contributed by atoms with van der Waals surface area (Å²) in [4.78, 5) is 17.5. The number of nitrogens with zero attached hydrogens (tertiary/aromatic N) is 1. The molecule has 2 rings (SSSR count). The first-order valence-corrected chi connectivity index (χ1v) is 4.84. The highest BCUT2D eigenvalue weighted by Crippen LogP contribution is 2.04. The van der Waals surface area contributed by atoms with E-state index >= 15 is 0 Å². The van der Waals surface area contributed by atoms with Gasteiger partial charge in [0.05, 0.1) is 5.69 Å². The van der Waals surface area contributed by atoms with Crippen molar-refractivity contribution in [2.24, 2.45) is 0 Å². The Kier molecular flexibility index (Phi) is 2.82. The number of nitrogens with one attached hydrogen (secondary N) is 1. The first-order valence-electron chi connectivity index (χ1n) is 4.84. The Morgan fingerprint density at radius 1 is 1.19 bits per heavy atom. The van der Waals surface area contributed by atoms with Crippen LogP contribution in [0.15, 0.2) is 41.2 Å². The summed E-state index contributed by atoms with van der Waals surface area (Å²) in [6.07, 6.45) is 3.63. The minimum Gasteiger partial charge on any atom is -0.369 e. The van der Waals surface area contributed by atoms with E-state index in [1.807, 2.05) is 36.4 Å². The highest BCUT2D eigenvalue weighted by molar-refractivity contribution is 5.67.